The number of anilines is 4. The van der Waals surface area contributed by atoms with E-state index in [1.165, 1.54) is 0 Å². The zero-order valence-electron chi connectivity index (χ0n) is 21.8. The minimum absolute atomic E-state index is 0.320. The highest BCUT2D eigenvalue weighted by Gasteiger charge is 2.22. The van der Waals surface area contributed by atoms with Crippen molar-refractivity contribution >= 4 is 29.3 Å². The standard InChI is InChI=1S/C27H35N9O2/c1-2-12-34-13-3-14-35(16-15-34)25-31-24(32-26(33-25)36-17-19-38-20-18-36)21-4-6-22(7-5-21)29-27(37)30-23-8-10-28-11-9-23/h4-11H,2-3,12-20H2,1H3,(H2,28,29,30,37). The van der Waals surface area contributed by atoms with Crippen molar-refractivity contribution < 1.29 is 9.53 Å². The molecule has 4 heterocycles. The summed E-state index contributed by atoms with van der Waals surface area (Å²) in [5.74, 6) is 2.02. The average Bonchev–Trinajstić information content (AvgIpc) is 3.20. The molecule has 0 saturated carbocycles. The van der Waals surface area contributed by atoms with Crippen molar-refractivity contribution in [3.8, 4) is 11.4 Å². The second-order valence-corrected chi connectivity index (χ2v) is 9.43. The van der Waals surface area contributed by atoms with Crippen molar-refractivity contribution in [3.63, 3.8) is 0 Å². The molecule has 38 heavy (non-hydrogen) atoms. The van der Waals surface area contributed by atoms with Gasteiger partial charge in [0.05, 0.1) is 13.2 Å². The molecule has 3 aromatic rings. The largest absolute Gasteiger partial charge is 0.378 e. The van der Waals surface area contributed by atoms with Gasteiger partial charge in [0.25, 0.3) is 0 Å². The van der Waals surface area contributed by atoms with Gasteiger partial charge in [0, 0.05) is 62.1 Å². The number of nitrogens with zero attached hydrogens (tertiary/aromatic N) is 7. The number of benzene rings is 1. The third-order valence-corrected chi connectivity index (χ3v) is 6.66. The van der Waals surface area contributed by atoms with E-state index in [4.69, 9.17) is 19.7 Å². The van der Waals surface area contributed by atoms with Gasteiger partial charge in [-0.25, -0.2) is 4.79 Å². The summed E-state index contributed by atoms with van der Waals surface area (Å²) in [5, 5.41) is 5.65. The molecular formula is C27H35N9O2. The molecule has 2 aliphatic rings. The smallest absolute Gasteiger partial charge is 0.323 e. The first-order valence-electron chi connectivity index (χ1n) is 13.3. The monoisotopic (exact) mass is 517 g/mol. The van der Waals surface area contributed by atoms with Crippen LogP contribution in [0.4, 0.5) is 28.1 Å². The maximum Gasteiger partial charge on any atom is 0.323 e. The van der Waals surface area contributed by atoms with Crippen LogP contribution in [0, 0.1) is 0 Å². The second kappa shape index (κ2) is 12.6. The highest BCUT2D eigenvalue weighted by Crippen LogP contribution is 2.24. The zero-order valence-corrected chi connectivity index (χ0v) is 21.8. The van der Waals surface area contributed by atoms with Gasteiger partial charge < -0.3 is 30.1 Å². The maximum atomic E-state index is 12.4. The second-order valence-electron chi connectivity index (χ2n) is 9.43. The Kier molecular flexibility index (Phi) is 8.56. The zero-order chi connectivity index (χ0) is 26.2. The summed E-state index contributed by atoms with van der Waals surface area (Å²) in [6, 6.07) is 10.7. The van der Waals surface area contributed by atoms with Gasteiger partial charge in [0.2, 0.25) is 11.9 Å². The molecule has 0 atom stereocenters. The average molecular weight is 518 g/mol. The number of hydrogen-bond donors (Lipinski definition) is 2. The van der Waals surface area contributed by atoms with Crippen molar-refractivity contribution in [1.82, 2.24) is 24.8 Å². The fourth-order valence-corrected chi connectivity index (χ4v) is 4.67. The Morgan fingerprint density at radius 3 is 2.16 bits per heavy atom. The number of pyridine rings is 1. The molecule has 0 unspecified atom stereocenters. The molecule has 1 aromatic carbocycles. The van der Waals surface area contributed by atoms with Crippen LogP contribution in [0.25, 0.3) is 11.4 Å². The number of aromatic nitrogens is 4. The number of amides is 2. The van der Waals surface area contributed by atoms with Crippen LogP contribution in [-0.4, -0.2) is 89.9 Å². The summed E-state index contributed by atoms with van der Waals surface area (Å²) >= 11 is 0. The fraction of sp³-hybridized carbons (Fsp3) is 0.444. The van der Waals surface area contributed by atoms with Crippen molar-refractivity contribution in [2.24, 2.45) is 0 Å². The lowest BCUT2D eigenvalue weighted by molar-refractivity contribution is 0.122. The van der Waals surface area contributed by atoms with E-state index in [0.29, 0.717) is 42.3 Å². The van der Waals surface area contributed by atoms with Crippen molar-refractivity contribution in [1.29, 1.82) is 0 Å². The summed E-state index contributed by atoms with van der Waals surface area (Å²) in [7, 11) is 0. The Balaban J connectivity index is 1.35. The van der Waals surface area contributed by atoms with Crippen molar-refractivity contribution in [3.05, 3.63) is 48.8 Å². The Bertz CT molecular complexity index is 1190. The molecule has 11 heteroatoms. The Labute approximate surface area is 223 Å². The van der Waals surface area contributed by atoms with Gasteiger partial charge in [-0.1, -0.05) is 6.92 Å². The third kappa shape index (κ3) is 6.73. The predicted octanol–water partition coefficient (Wildman–Crippen LogP) is 3.34. The number of ether oxygens (including phenoxy) is 1. The van der Waals surface area contributed by atoms with Gasteiger partial charge in [-0.05, 0) is 62.3 Å². The lowest BCUT2D eigenvalue weighted by Gasteiger charge is -2.28. The summed E-state index contributed by atoms with van der Waals surface area (Å²) in [4.78, 5) is 37.9. The minimum atomic E-state index is -0.320. The van der Waals surface area contributed by atoms with Crippen LogP contribution in [0.1, 0.15) is 19.8 Å². The van der Waals surface area contributed by atoms with E-state index in [0.717, 1.165) is 64.2 Å². The van der Waals surface area contributed by atoms with Crippen LogP contribution < -0.4 is 20.4 Å². The van der Waals surface area contributed by atoms with Crippen LogP contribution in [0.2, 0.25) is 0 Å². The molecule has 200 valence electrons. The molecule has 2 saturated heterocycles. The Hall–Kier alpha value is -3.83. The summed E-state index contributed by atoms with van der Waals surface area (Å²) in [6.07, 6.45) is 5.50. The van der Waals surface area contributed by atoms with Gasteiger partial charge in [0.15, 0.2) is 5.82 Å². The number of carbonyl (C=O) groups excluding carboxylic acids is 1. The van der Waals surface area contributed by atoms with Gasteiger partial charge in [0.1, 0.15) is 0 Å². The van der Waals surface area contributed by atoms with Crippen LogP contribution in [0.15, 0.2) is 48.8 Å². The van der Waals surface area contributed by atoms with Gasteiger partial charge in [-0.15, -0.1) is 0 Å². The first kappa shape index (κ1) is 25.8. The molecule has 2 aliphatic heterocycles. The third-order valence-electron chi connectivity index (χ3n) is 6.66. The van der Waals surface area contributed by atoms with Crippen LogP contribution in [0.3, 0.4) is 0 Å². The quantitative estimate of drug-likeness (QED) is 0.487. The van der Waals surface area contributed by atoms with E-state index in [9.17, 15) is 4.79 Å². The molecule has 0 radical (unpaired) electrons. The van der Waals surface area contributed by atoms with E-state index in [-0.39, 0.29) is 6.03 Å². The predicted molar refractivity (Wildman–Crippen MR) is 149 cm³/mol. The molecule has 0 spiro atoms. The van der Waals surface area contributed by atoms with E-state index in [1.54, 1.807) is 24.5 Å². The molecule has 11 nitrogen and oxygen atoms in total. The normalized spacial score (nSPS) is 16.7. The summed E-state index contributed by atoms with van der Waals surface area (Å²) < 4.78 is 5.54. The molecule has 2 amide bonds. The minimum Gasteiger partial charge on any atom is -0.378 e. The number of nitrogens with one attached hydrogen (secondary N) is 2. The van der Waals surface area contributed by atoms with E-state index < -0.39 is 0 Å². The molecule has 0 bridgehead atoms. The maximum absolute atomic E-state index is 12.4. The molecule has 2 fully saturated rings. The summed E-state index contributed by atoms with van der Waals surface area (Å²) in [5.41, 5.74) is 2.21. The first-order chi connectivity index (χ1) is 18.7. The fourth-order valence-electron chi connectivity index (χ4n) is 4.67. The Morgan fingerprint density at radius 2 is 1.47 bits per heavy atom. The number of morpholine rings is 1. The molecule has 2 aromatic heterocycles. The number of carbonyl (C=O) groups is 1. The Morgan fingerprint density at radius 1 is 0.816 bits per heavy atom. The molecule has 2 N–H and O–H groups in total. The molecular weight excluding hydrogens is 482 g/mol. The van der Waals surface area contributed by atoms with Gasteiger partial charge in [-0.2, -0.15) is 15.0 Å². The van der Waals surface area contributed by atoms with E-state index >= 15 is 0 Å². The first-order valence-corrected chi connectivity index (χ1v) is 13.3. The molecule has 5 rings (SSSR count). The van der Waals surface area contributed by atoms with E-state index in [2.05, 4.69) is 37.2 Å². The van der Waals surface area contributed by atoms with Crippen LogP contribution in [0.5, 0.6) is 0 Å². The highest BCUT2D eigenvalue weighted by atomic mass is 16.5. The lowest BCUT2D eigenvalue weighted by Crippen LogP contribution is -2.38. The van der Waals surface area contributed by atoms with E-state index in [1.807, 2.05) is 24.3 Å². The van der Waals surface area contributed by atoms with Crippen molar-refractivity contribution in [2.75, 3.05) is 79.5 Å². The SMILES string of the molecule is CCCN1CCCN(c2nc(-c3ccc(NC(=O)Nc4ccncc4)cc3)nc(N3CCOCC3)n2)CC1. The highest BCUT2D eigenvalue weighted by molar-refractivity contribution is 5.99. The number of urea groups is 1. The topological polar surface area (TPSA) is 112 Å². The van der Waals surface area contributed by atoms with Crippen LogP contribution >= 0.6 is 0 Å². The van der Waals surface area contributed by atoms with Gasteiger partial charge >= 0.3 is 6.03 Å². The lowest BCUT2D eigenvalue weighted by atomic mass is 10.2. The van der Waals surface area contributed by atoms with Gasteiger partial charge in [-0.3, -0.25) is 4.98 Å². The molecule has 0 aliphatic carbocycles. The van der Waals surface area contributed by atoms with Crippen LogP contribution in [-0.2, 0) is 4.74 Å². The van der Waals surface area contributed by atoms with Crippen molar-refractivity contribution in [2.45, 2.75) is 19.8 Å². The number of hydrogen-bond acceptors (Lipinski definition) is 9. The number of rotatable bonds is 7. The summed E-state index contributed by atoms with van der Waals surface area (Å²) in [6.45, 7) is 10.1.